The van der Waals surface area contributed by atoms with Gasteiger partial charge in [-0.1, -0.05) is 26.0 Å². The molecule has 2 aromatic rings. The summed E-state index contributed by atoms with van der Waals surface area (Å²) in [5.74, 6) is 0.324. The third kappa shape index (κ3) is 3.72. The first-order valence-electron chi connectivity index (χ1n) is 9.38. The van der Waals surface area contributed by atoms with Crippen molar-refractivity contribution < 1.29 is 13.6 Å². The van der Waals surface area contributed by atoms with Crippen LogP contribution in [0.1, 0.15) is 26.2 Å². The third-order valence-electron chi connectivity index (χ3n) is 5.17. The Labute approximate surface area is 157 Å². The van der Waals surface area contributed by atoms with Gasteiger partial charge in [0.05, 0.1) is 11.6 Å². The number of piperazine rings is 1. The summed E-state index contributed by atoms with van der Waals surface area (Å²) in [5, 5.41) is 14.6. The predicted octanol–water partition coefficient (Wildman–Crippen LogP) is 1.36. The Bertz CT molecular complexity index is 824. The van der Waals surface area contributed by atoms with Gasteiger partial charge in [-0.25, -0.2) is 4.39 Å². The van der Waals surface area contributed by atoms with Gasteiger partial charge in [-0.3, -0.25) is 9.69 Å². The van der Waals surface area contributed by atoms with Crippen molar-refractivity contribution in [2.75, 3.05) is 13.1 Å². The second kappa shape index (κ2) is 7.36. The zero-order valence-corrected chi connectivity index (χ0v) is 15.5. The number of aromatic nitrogens is 2. The van der Waals surface area contributed by atoms with E-state index >= 15 is 0 Å². The Morgan fingerprint density at radius 3 is 2.96 bits per heavy atom. The minimum Gasteiger partial charge on any atom is -0.421 e. The molecule has 27 heavy (non-hydrogen) atoms. The van der Waals surface area contributed by atoms with E-state index in [1.165, 1.54) is 6.07 Å². The minimum absolute atomic E-state index is 0.0804. The molecule has 0 spiro atoms. The first kappa shape index (κ1) is 18.1. The number of hydrogen-bond acceptors (Lipinski definition) is 6. The largest absolute Gasteiger partial charge is 0.421 e. The molecular weight excluding hydrogens is 349 g/mol. The van der Waals surface area contributed by atoms with Crippen molar-refractivity contribution in [1.82, 2.24) is 25.7 Å². The van der Waals surface area contributed by atoms with E-state index < -0.39 is 0 Å². The minimum atomic E-state index is -0.389. The highest BCUT2D eigenvalue weighted by Crippen LogP contribution is 2.27. The number of amides is 1. The summed E-state index contributed by atoms with van der Waals surface area (Å²) in [6, 6.07) is 6.95. The van der Waals surface area contributed by atoms with E-state index in [1.807, 2.05) is 0 Å². The van der Waals surface area contributed by atoms with Crippen molar-refractivity contribution >= 4 is 5.91 Å². The summed E-state index contributed by atoms with van der Waals surface area (Å²) in [5.41, 5.74) is 0.299. The van der Waals surface area contributed by atoms with Crippen molar-refractivity contribution in [3.05, 3.63) is 36.0 Å². The fourth-order valence-electron chi connectivity index (χ4n) is 4.04. The summed E-state index contributed by atoms with van der Waals surface area (Å²) >= 11 is 0. The number of carbonyl (C=O) groups is 1. The fourth-order valence-corrected chi connectivity index (χ4v) is 4.04. The van der Waals surface area contributed by atoms with E-state index in [-0.39, 0.29) is 35.7 Å². The van der Waals surface area contributed by atoms with Gasteiger partial charge in [0.25, 0.3) is 5.89 Å². The molecule has 2 aliphatic heterocycles. The van der Waals surface area contributed by atoms with Gasteiger partial charge in [-0.05, 0) is 18.6 Å². The second-order valence-electron chi connectivity index (χ2n) is 7.55. The third-order valence-corrected chi connectivity index (χ3v) is 5.17. The first-order chi connectivity index (χ1) is 13.0. The number of benzene rings is 1. The molecule has 2 aliphatic rings. The molecule has 2 N–H and O–H groups in total. The van der Waals surface area contributed by atoms with E-state index in [9.17, 15) is 9.18 Å². The molecule has 144 valence electrons. The van der Waals surface area contributed by atoms with Gasteiger partial charge >= 0.3 is 0 Å². The zero-order valence-electron chi connectivity index (χ0n) is 15.5. The Morgan fingerprint density at radius 1 is 1.37 bits per heavy atom. The molecule has 1 aromatic heterocycles. The van der Waals surface area contributed by atoms with Gasteiger partial charge in [0, 0.05) is 37.6 Å². The van der Waals surface area contributed by atoms with Crippen LogP contribution in [0.5, 0.6) is 0 Å². The number of rotatable bonds is 5. The van der Waals surface area contributed by atoms with E-state index in [1.54, 1.807) is 18.2 Å². The maximum atomic E-state index is 13.9. The second-order valence-corrected chi connectivity index (χ2v) is 7.55. The lowest BCUT2D eigenvalue weighted by atomic mass is 10.1. The number of fused-ring (bicyclic) bond motifs is 1. The van der Waals surface area contributed by atoms with Crippen LogP contribution in [0.4, 0.5) is 4.39 Å². The Kier molecular flexibility index (Phi) is 4.92. The molecule has 4 rings (SSSR count). The highest BCUT2D eigenvalue weighted by molar-refractivity contribution is 5.83. The van der Waals surface area contributed by atoms with Crippen molar-refractivity contribution in [3.8, 4) is 11.5 Å². The maximum Gasteiger partial charge on any atom is 0.250 e. The molecule has 0 aliphatic carbocycles. The highest BCUT2D eigenvalue weighted by Gasteiger charge is 2.43. The van der Waals surface area contributed by atoms with Gasteiger partial charge in [-0.2, -0.15) is 0 Å². The summed E-state index contributed by atoms with van der Waals surface area (Å²) in [7, 11) is 0. The van der Waals surface area contributed by atoms with Crippen LogP contribution >= 0.6 is 0 Å². The number of hydrogen-bond donors (Lipinski definition) is 2. The molecule has 2 saturated heterocycles. The molecular formula is C19H24FN5O2. The van der Waals surface area contributed by atoms with E-state index in [0.717, 1.165) is 13.0 Å². The first-order valence-corrected chi connectivity index (χ1v) is 9.38. The van der Waals surface area contributed by atoms with Crippen molar-refractivity contribution in [3.63, 3.8) is 0 Å². The Balaban J connectivity index is 1.48. The Hall–Kier alpha value is -2.32. The van der Waals surface area contributed by atoms with E-state index in [2.05, 4.69) is 39.6 Å². The lowest BCUT2D eigenvalue weighted by molar-refractivity contribution is -0.129. The van der Waals surface area contributed by atoms with Gasteiger partial charge in [0.1, 0.15) is 5.82 Å². The molecule has 0 radical (unpaired) electrons. The smallest absolute Gasteiger partial charge is 0.250 e. The number of halogens is 1. The van der Waals surface area contributed by atoms with Crippen LogP contribution in [0, 0.1) is 5.82 Å². The van der Waals surface area contributed by atoms with Crippen LogP contribution in [0.2, 0.25) is 0 Å². The molecule has 0 saturated carbocycles. The Morgan fingerprint density at radius 2 is 2.19 bits per heavy atom. The molecule has 0 unspecified atom stereocenters. The lowest BCUT2D eigenvalue weighted by Crippen LogP contribution is -2.58. The SMILES string of the molecule is CC(C)N[C@H]1C[C@H]2C(=O)NC[C@@H](Cc3nnc(-c4ccccc4F)o3)N2C1. The van der Waals surface area contributed by atoms with E-state index in [0.29, 0.717) is 30.5 Å². The topological polar surface area (TPSA) is 83.3 Å². The molecule has 1 aromatic carbocycles. The highest BCUT2D eigenvalue weighted by atomic mass is 19.1. The maximum absolute atomic E-state index is 13.9. The molecule has 8 heteroatoms. The fraction of sp³-hybridized carbons (Fsp3) is 0.526. The molecule has 0 bridgehead atoms. The normalized spacial score (nSPS) is 25.6. The van der Waals surface area contributed by atoms with Crippen LogP contribution in [0.25, 0.3) is 11.5 Å². The summed E-state index contributed by atoms with van der Waals surface area (Å²) in [6.07, 6.45) is 1.32. The molecule has 7 nitrogen and oxygen atoms in total. The average molecular weight is 373 g/mol. The van der Waals surface area contributed by atoms with Crippen LogP contribution in [0.3, 0.4) is 0 Å². The number of nitrogens with zero attached hydrogens (tertiary/aromatic N) is 3. The van der Waals surface area contributed by atoms with E-state index in [4.69, 9.17) is 4.42 Å². The van der Waals surface area contributed by atoms with Gasteiger partial charge in [0.15, 0.2) is 0 Å². The number of nitrogens with one attached hydrogen (secondary N) is 2. The van der Waals surface area contributed by atoms with Crippen molar-refractivity contribution in [2.45, 2.75) is 50.9 Å². The van der Waals surface area contributed by atoms with Crippen molar-refractivity contribution in [1.29, 1.82) is 0 Å². The van der Waals surface area contributed by atoms with Gasteiger partial charge < -0.3 is 15.1 Å². The molecule has 3 atom stereocenters. The number of carbonyl (C=O) groups excluding carboxylic acids is 1. The molecule has 2 fully saturated rings. The van der Waals surface area contributed by atoms with Crippen molar-refractivity contribution in [2.24, 2.45) is 0 Å². The monoisotopic (exact) mass is 373 g/mol. The van der Waals surface area contributed by atoms with Gasteiger partial charge in [0.2, 0.25) is 11.8 Å². The summed E-state index contributed by atoms with van der Waals surface area (Å²) in [6.45, 7) is 5.57. The lowest BCUT2D eigenvalue weighted by Gasteiger charge is -2.36. The van der Waals surface area contributed by atoms with Gasteiger partial charge in [-0.15, -0.1) is 10.2 Å². The quantitative estimate of drug-likeness (QED) is 0.823. The average Bonchev–Trinajstić information content (AvgIpc) is 3.25. The molecule has 1 amide bonds. The summed E-state index contributed by atoms with van der Waals surface area (Å²) in [4.78, 5) is 14.5. The zero-order chi connectivity index (χ0) is 19.0. The standard InChI is InChI=1S/C19H24FN5O2/c1-11(2)22-12-7-16-18(26)21-9-13(25(16)10-12)8-17-23-24-19(27-17)14-5-3-4-6-15(14)20/h3-6,11-13,16,22H,7-10H2,1-2H3,(H,21,26)/t12-,13+,16-/m0/s1. The van der Waals surface area contributed by atoms with Crippen LogP contribution in [-0.2, 0) is 11.2 Å². The summed E-state index contributed by atoms with van der Waals surface area (Å²) < 4.78 is 19.6. The molecule has 3 heterocycles. The van der Waals surface area contributed by atoms with Crippen LogP contribution < -0.4 is 10.6 Å². The van der Waals surface area contributed by atoms with Crippen LogP contribution in [0.15, 0.2) is 28.7 Å². The predicted molar refractivity (Wildman–Crippen MR) is 97.4 cm³/mol. The van der Waals surface area contributed by atoms with Crippen LogP contribution in [-0.4, -0.2) is 58.3 Å².